The molecule has 0 spiro atoms. The lowest BCUT2D eigenvalue weighted by molar-refractivity contribution is 0.205. The first-order chi connectivity index (χ1) is 20.2. The van der Waals surface area contributed by atoms with Crippen molar-refractivity contribution in [1.82, 2.24) is 0 Å². The van der Waals surface area contributed by atoms with Gasteiger partial charge in [0.05, 0.1) is 45.6 Å². The average molecular weight is 590 g/mol. The van der Waals surface area contributed by atoms with Crippen molar-refractivity contribution < 1.29 is 37.3 Å². The van der Waals surface area contributed by atoms with Crippen LogP contribution in [0.3, 0.4) is 0 Å². The Morgan fingerprint density at radius 3 is 1.98 bits per heavy atom. The highest BCUT2D eigenvalue weighted by atomic mass is 32.2. The fraction of sp³-hybridized carbons (Fsp3) is 0.156. The monoisotopic (exact) mass is 589 g/mol. The molecule has 4 aromatic rings. The molecular weight excluding hydrogens is 558 g/mol. The van der Waals surface area contributed by atoms with E-state index >= 15 is 0 Å². The third-order valence-electron chi connectivity index (χ3n) is 6.43. The van der Waals surface area contributed by atoms with Gasteiger partial charge in [-0.1, -0.05) is 42.5 Å². The van der Waals surface area contributed by atoms with E-state index in [1.54, 1.807) is 66.7 Å². The first kappa shape index (κ1) is 30.0. The van der Waals surface area contributed by atoms with Gasteiger partial charge in [0.25, 0.3) is 0 Å². The van der Waals surface area contributed by atoms with E-state index in [1.807, 2.05) is 18.2 Å². The number of sulfone groups is 1. The molecule has 0 atom stereocenters. The quantitative estimate of drug-likeness (QED) is 0.204. The number of hydrogen-bond acceptors (Lipinski definition) is 7. The lowest BCUT2D eigenvalue weighted by atomic mass is 9.99. The second-order valence-electron chi connectivity index (χ2n) is 9.07. The summed E-state index contributed by atoms with van der Waals surface area (Å²) in [6.45, 7) is 0. The van der Waals surface area contributed by atoms with Crippen LogP contribution in [0.25, 0.3) is 17.2 Å². The molecule has 0 radical (unpaired) electrons. The van der Waals surface area contributed by atoms with Crippen molar-refractivity contribution in [2.24, 2.45) is 0 Å². The van der Waals surface area contributed by atoms with Crippen LogP contribution < -0.4 is 23.8 Å². The molecule has 0 heterocycles. The van der Waals surface area contributed by atoms with Gasteiger partial charge in [-0.2, -0.15) is 0 Å². The Bertz CT molecular complexity index is 1680. The zero-order valence-electron chi connectivity index (χ0n) is 23.6. The van der Waals surface area contributed by atoms with E-state index in [2.05, 4.69) is 0 Å². The van der Waals surface area contributed by atoms with Crippen molar-refractivity contribution in [1.29, 1.82) is 0 Å². The van der Waals surface area contributed by atoms with Crippen molar-refractivity contribution in [2.75, 3.05) is 33.3 Å². The number of hydrogen-bond donors (Lipinski definition) is 1. The second-order valence-corrected chi connectivity index (χ2v) is 11.0. The van der Waals surface area contributed by atoms with E-state index in [4.69, 9.17) is 18.9 Å². The molecule has 0 aliphatic carbocycles. The highest BCUT2D eigenvalue weighted by Gasteiger charge is 2.22. The number of benzene rings is 4. The minimum Gasteiger partial charge on any atom is -0.496 e. The lowest BCUT2D eigenvalue weighted by Crippen LogP contribution is -2.24. The van der Waals surface area contributed by atoms with Gasteiger partial charge >= 0.3 is 6.09 Å². The van der Waals surface area contributed by atoms with Crippen LogP contribution >= 0.6 is 0 Å². The van der Waals surface area contributed by atoms with Gasteiger partial charge in [0.15, 0.2) is 21.3 Å². The molecule has 0 bridgehead atoms. The first-order valence-corrected chi connectivity index (χ1v) is 14.5. The molecular formula is C32H31NO8S. The zero-order chi connectivity index (χ0) is 30.3. The smallest absolute Gasteiger partial charge is 0.416 e. The zero-order valence-corrected chi connectivity index (χ0v) is 24.4. The highest BCUT2D eigenvalue weighted by molar-refractivity contribution is 7.93. The number of amides is 1. The third-order valence-corrected chi connectivity index (χ3v) is 7.71. The molecule has 42 heavy (non-hydrogen) atoms. The van der Waals surface area contributed by atoms with Crippen LogP contribution in [-0.4, -0.2) is 48.1 Å². The fourth-order valence-electron chi connectivity index (χ4n) is 4.54. The number of nitrogens with zero attached hydrogens (tertiary/aromatic N) is 1. The predicted molar refractivity (Wildman–Crippen MR) is 163 cm³/mol. The largest absolute Gasteiger partial charge is 0.496 e. The third kappa shape index (κ3) is 6.67. The van der Waals surface area contributed by atoms with E-state index in [0.29, 0.717) is 56.6 Å². The number of para-hydroxylation sites is 2. The SMILES string of the molecule is COc1cc(C=CS(=O)(=O)Cc2cc(OC)c(OC)c(OC)c2)ccc1-c1ccccc1N(C(=O)O)c1ccccc1. The minimum atomic E-state index is -3.69. The maximum absolute atomic E-state index is 13.0. The predicted octanol–water partition coefficient (Wildman–Crippen LogP) is 6.79. The summed E-state index contributed by atoms with van der Waals surface area (Å²) in [4.78, 5) is 13.5. The molecule has 0 fully saturated rings. The lowest BCUT2D eigenvalue weighted by Gasteiger charge is -2.23. The van der Waals surface area contributed by atoms with Gasteiger partial charge in [0.1, 0.15) is 5.75 Å². The van der Waals surface area contributed by atoms with Gasteiger partial charge in [-0.25, -0.2) is 18.1 Å². The van der Waals surface area contributed by atoms with Crippen LogP contribution in [0.15, 0.2) is 90.3 Å². The number of rotatable bonds is 11. The normalized spacial score (nSPS) is 11.2. The van der Waals surface area contributed by atoms with Crippen LogP contribution in [0.5, 0.6) is 23.0 Å². The molecule has 1 amide bonds. The van der Waals surface area contributed by atoms with Crippen LogP contribution in [0.4, 0.5) is 16.2 Å². The van der Waals surface area contributed by atoms with E-state index in [1.165, 1.54) is 39.4 Å². The Balaban J connectivity index is 1.65. The van der Waals surface area contributed by atoms with Crippen molar-refractivity contribution in [2.45, 2.75) is 5.75 Å². The van der Waals surface area contributed by atoms with Gasteiger partial charge in [-0.05, 0) is 59.7 Å². The number of carboxylic acid groups (broad SMARTS) is 1. The molecule has 0 aliphatic rings. The Morgan fingerprint density at radius 2 is 1.38 bits per heavy atom. The summed E-state index contributed by atoms with van der Waals surface area (Å²) in [5.74, 6) is 1.26. The highest BCUT2D eigenvalue weighted by Crippen LogP contribution is 2.41. The van der Waals surface area contributed by atoms with Crippen LogP contribution in [0.2, 0.25) is 0 Å². The Kier molecular flexibility index (Phi) is 9.39. The van der Waals surface area contributed by atoms with E-state index in [9.17, 15) is 18.3 Å². The topological polar surface area (TPSA) is 112 Å². The molecule has 218 valence electrons. The van der Waals surface area contributed by atoms with Crippen molar-refractivity contribution in [3.63, 3.8) is 0 Å². The van der Waals surface area contributed by atoms with Gasteiger partial charge < -0.3 is 24.1 Å². The molecule has 4 aromatic carbocycles. The molecule has 1 N–H and O–H groups in total. The number of carbonyl (C=O) groups is 1. The number of methoxy groups -OCH3 is 4. The van der Waals surface area contributed by atoms with Gasteiger partial charge in [-0.15, -0.1) is 0 Å². The summed E-state index contributed by atoms with van der Waals surface area (Å²) in [7, 11) is 2.22. The molecule has 0 unspecified atom stereocenters. The van der Waals surface area contributed by atoms with Gasteiger partial charge in [-0.3, -0.25) is 0 Å². The standard InChI is InChI=1S/C32H31NO8S/c1-38-28-18-22(16-17-42(36,37)21-23-19-29(39-2)31(41-4)30(20-23)40-3)14-15-26(28)25-12-8-9-13-27(25)33(32(34)35)24-10-6-5-7-11-24/h5-20H,21H2,1-4H3,(H,34,35). The summed E-state index contributed by atoms with van der Waals surface area (Å²) in [5.41, 5.74) is 3.28. The van der Waals surface area contributed by atoms with Gasteiger partial charge in [0, 0.05) is 16.5 Å². The molecule has 9 nitrogen and oxygen atoms in total. The summed E-state index contributed by atoms with van der Waals surface area (Å²) in [6, 6.07) is 24.3. The molecule has 0 aromatic heterocycles. The molecule has 4 rings (SSSR count). The summed E-state index contributed by atoms with van der Waals surface area (Å²) in [6.07, 6.45) is 0.350. The van der Waals surface area contributed by atoms with Crippen LogP contribution in [0.1, 0.15) is 11.1 Å². The average Bonchev–Trinajstić information content (AvgIpc) is 3.00. The maximum Gasteiger partial charge on any atom is 0.416 e. The molecule has 10 heteroatoms. The van der Waals surface area contributed by atoms with E-state index < -0.39 is 15.9 Å². The molecule has 0 saturated heterocycles. The van der Waals surface area contributed by atoms with Gasteiger partial charge in [0.2, 0.25) is 5.75 Å². The summed E-state index contributed by atoms with van der Waals surface area (Å²) >= 11 is 0. The van der Waals surface area contributed by atoms with Crippen LogP contribution in [-0.2, 0) is 15.6 Å². The number of anilines is 2. The minimum absolute atomic E-state index is 0.284. The Labute approximate surface area is 245 Å². The van der Waals surface area contributed by atoms with Crippen molar-refractivity contribution in [3.05, 3.63) is 101 Å². The molecule has 0 aliphatic heterocycles. The fourth-order valence-corrected chi connectivity index (χ4v) is 5.63. The Morgan fingerprint density at radius 1 is 0.762 bits per heavy atom. The first-order valence-electron chi connectivity index (χ1n) is 12.8. The van der Waals surface area contributed by atoms with Crippen molar-refractivity contribution >= 4 is 33.4 Å². The maximum atomic E-state index is 13.0. The van der Waals surface area contributed by atoms with Crippen molar-refractivity contribution in [3.8, 4) is 34.1 Å². The summed E-state index contributed by atoms with van der Waals surface area (Å²) in [5, 5.41) is 11.2. The van der Waals surface area contributed by atoms with E-state index in [-0.39, 0.29) is 5.75 Å². The van der Waals surface area contributed by atoms with Crippen LogP contribution in [0, 0.1) is 0 Å². The summed E-state index contributed by atoms with van der Waals surface area (Å²) < 4.78 is 47.6. The Hall–Kier alpha value is -4.96. The molecule has 0 saturated carbocycles. The van der Waals surface area contributed by atoms with E-state index in [0.717, 1.165) is 5.41 Å². The second kappa shape index (κ2) is 13.1. The number of ether oxygens (including phenoxy) is 4.